The van der Waals surface area contributed by atoms with Crippen molar-refractivity contribution in [2.75, 3.05) is 13.1 Å². The molecule has 0 amide bonds. The minimum atomic E-state index is 0.811. The van der Waals surface area contributed by atoms with E-state index in [0.29, 0.717) is 0 Å². The summed E-state index contributed by atoms with van der Waals surface area (Å²) in [5, 5.41) is 0. The Labute approximate surface area is 96.2 Å². The second kappa shape index (κ2) is 6.52. The Kier molecular flexibility index (Phi) is 5.66. The van der Waals surface area contributed by atoms with Crippen molar-refractivity contribution >= 4 is 0 Å². The average molecular weight is 211 g/mol. The van der Waals surface area contributed by atoms with Gasteiger partial charge in [-0.2, -0.15) is 0 Å². The molecule has 0 N–H and O–H groups in total. The maximum atomic E-state index is 2.70. The van der Waals surface area contributed by atoms with E-state index < -0.39 is 0 Å². The van der Waals surface area contributed by atoms with Gasteiger partial charge in [0.05, 0.1) is 0 Å². The topological polar surface area (TPSA) is 3.24 Å². The van der Waals surface area contributed by atoms with Gasteiger partial charge in [0.2, 0.25) is 0 Å². The van der Waals surface area contributed by atoms with Crippen molar-refractivity contribution in [2.24, 2.45) is 11.8 Å². The molecule has 1 rings (SSSR count). The first kappa shape index (κ1) is 13.0. The molecule has 0 aromatic rings. The van der Waals surface area contributed by atoms with E-state index >= 15 is 0 Å². The van der Waals surface area contributed by atoms with Crippen LogP contribution in [0.2, 0.25) is 0 Å². The Morgan fingerprint density at radius 2 is 1.67 bits per heavy atom. The molecule has 15 heavy (non-hydrogen) atoms. The smallest absolute Gasteiger partial charge is 0.00956 e. The van der Waals surface area contributed by atoms with E-state index in [1.54, 1.807) is 0 Å². The van der Waals surface area contributed by atoms with Crippen LogP contribution >= 0.6 is 0 Å². The van der Waals surface area contributed by atoms with Gasteiger partial charge in [-0.15, -0.1) is 0 Å². The first-order valence-electron chi connectivity index (χ1n) is 6.90. The van der Waals surface area contributed by atoms with Gasteiger partial charge in [0, 0.05) is 12.6 Å². The lowest BCUT2D eigenvalue weighted by Gasteiger charge is -2.22. The molecule has 1 aliphatic rings. The predicted octanol–water partition coefficient (Wildman–Crippen LogP) is 3.93. The van der Waals surface area contributed by atoms with Crippen LogP contribution in [0.4, 0.5) is 0 Å². The Morgan fingerprint density at radius 1 is 1.00 bits per heavy atom. The van der Waals surface area contributed by atoms with E-state index in [2.05, 4.69) is 32.6 Å². The first-order chi connectivity index (χ1) is 7.16. The summed E-state index contributed by atoms with van der Waals surface area (Å²) in [6.45, 7) is 12.2. The zero-order valence-electron chi connectivity index (χ0n) is 11.1. The molecule has 1 aliphatic heterocycles. The van der Waals surface area contributed by atoms with Crippen molar-refractivity contribution in [2.45, 2.75) is 65.8 Å². The SMILES string of the molecule is CCCCCCCN1CC(C)C(C)C1C. The molecule has 0 saturated carbocycles. The number of rotatable bonds is 6. The van der Waals surface area contributed by atoms with Crippen LogP contribution in [0.3, 0.4) is 0 Å². The molecule has 1 saturated heterocycles. The molecule has 0 bridgehead atoms. The van der Waals surface area contributed by atoms with Gasteiger partial charge in [0.1, 0.15) is 0 Å². The van der Waals surface area contributed by atoms with Gasteiger partial charge in [-0.1, -0.05) is 46.5 Å². The molecule has 1 heteroatoms. The first-order valence-corrected chi connectivity index (χ1v) is 6.90. The average Bonchev–Trinajstić information content (AvgIpc) is 2.46. The molecule has 3 atom stereocenters. The Hall–Kier alpha value is -0.0400. The lowest BCUT2D eigenvalue weighted by Crippen LogP contribution is -2.30. The zero-order valence-corrected chi connectivity index (χ0v) is 11.1. The van der Waals surface area contributed by atoms with Crippen LogP contribution < -0.4 is 0 Å². The standard InChI is InChI=1S/C14H29N/c1-5-6-7-8-9-10-15-11-12(2)13(3)14(15)4/h12-14H,5-11H2,1-4H3. The van der Waals surface area contributed by atoms with Gasteiger partial charge < -0.3 is 4.90 Å². The molecule has 0 aromatic heterocycles. The van der Waals surface area contributed by atoms with E-state index in [0.717, 1.165) is 17.9 Å². The van der Waals surface area contributed by atoms with E-state index in [-0.39, 0.29) is 0 Å². The monoisotopic (exact) mass is 211 g/mol. The van der Waals surface area contributed by atoms with Crippen LogP contribution in [0.1, 0.15) is 59.8 Å². The third kappa shape index (κ3) is 3.79. The minimum Gasteiger partial charge on any atom is -0.300 e. The maximum Gasteiger partial charge on any atom is 0.00956 e. The summed E-state index contributed by atoms with van der Waals surface area (Å²) < 4.78 is 0. The molecule has 0 aromatic carbocycles. The Bertz CT molecular complexity index is 167. The van der Waals surface area contributed by atoms with Crippen molar-refractivity contribution in [1.82, 2.24) is 4.90 Å². The summed E-state index contributed by atoms with van der Waals surface area (Å²) >= 11 is 0. The third-order valence-corrected chi connectivity index (χ3v) is 4.31. The summed E-state index contributed by atoms with van der Waals surface area (Å²) in [6.07, 6.45) is 7.05. The molecule has 1 heterocycles. The van der Waals surface area contributed by atoms with Gasteiger partial charge in [-0.05, 0) is 31.7 Å². The van der Waals surface area contributed by atoms with E-state index in [4.69, 9.17) is 0 Å². The summed E-state index contributed by atoms with van der Waals surface area (Å²) in [7, 11) is 0. The highest BCUT2D eigenvalue weighted by molar-refractivity contribution is 4.85. The van der Waals surface area contributed by atoms with Crippen LogP contribution in [0.15, 0.2) is 0 Å². The van der Waals surface area contributed by atoms with Crippen LogP contribution in [0.5, 0.6) is 0 Å². The number of hydrogen-bond acceptors (Lipinski definition) is 1. The summed E-state index contributed by atoms with van der Waals surface area (Å²) in [5.41, 5.74) is 0. The van der Waals surface area contributed by atoms with Crippen molar-refractivity contribution in [1.29, 1.82) is 0 Å². The summed E-state index contributed by atoms with van der Waals surface area (Å²) in [4.78, 5) is 2.70. The fraction of sp³-hybridized carbons (Fsp3) is 1.00. The number of nitrogens with zero attached hydrogens (tertiary/aromatic N) is 1. The third-order valence-electron chi connectivity index (χ3n) is 4.31. The van der Waals surface area contributed by atoms with Crippen LogP contribution in [-0.4, -0.2) is 24.0 Å². The van der Waals surface area contributed by atoms with Gasteiger partial charge in [-0.25, -0.2) is 0 Å². The Balaban J connectivity index is 2.11. The van der Waals surface area contributed by atoms with Crippen LogP contribution in [0.25, 0.3) is 0 Å². The quantitative estimate of drug-likeness (QED) is 0.602. The normalized spacial score (nSPS) is 32.4. The van der Waals surface area contributed by atoms with Crippen molar-refractivity contribution in [3.63, 3.8) is 0 Å². The van der Waals surface area contributed by atoms with Crippen molar-refractivity contribution < 1.29 is 0 Å². The minimum absolute atomic E-state index is 0.811. The largest absolute Gasteiger partial charge is 0.300 e. The molecule has 3 unspecified atom stereocenters. The fourth-order valence-corrected chi connectivity index (χ4v) is 2.72. The molecule has 0 spiro atoms. The molecule has 1 fully saturated rings. The van der Waals surface area contributed by atoms with E-state index in [9.17, 15) is 0 Å². The van der Waals surface area contributed by atoms with Crippen LogP contribution in [0, 0.1) is 11.8 Å². The lowest BCUT2D eigenvalue weighted by atomic mass is 9.95. The second-order valence-corrected chi connectivity index (χ2v) is 5.49. The van der Waals surface area contributed by atoms with Gasteiger partial charge in [0.15, 0.2) is 0 Å². The number of unbranched alkanes of at least 4 members (excludes halogenated alkanes) is 4. The van der Waals surface area contributed by atoms with Gasteiger partial charge >= 0.3 is 0 Å². The predicted molar refractivity (Wildman–Crippen MR) is 68.1 cm³/mol. The molecule has 90 valence electrons. The highest BCUT2D eigenvalue weighted by Gasteiger charge is 2.32. The Morgan fingerprint density at radius 3 is 2.20 bits per heavy atom. The van der Waals surface area contributed by atoms with Gasteiger partial charge in [0.25, 0.3) is 0 Å². The van der Waals surface area contributed by atoms with Crippen molar-refractivity contribution in [3.05, 3.63) is 0 Å². The molecular weight excluding hydrogens is 182 g/mol. The van der Waals surface area contributed by atoms with E-state index in [1.165, 1.54) is 45.2 Å². The fourth-order valence-electron chi connectivity index (χ4n) is 2.72. The van der Waals surface area contributed by atoms with Gasteiger partial charge in [-0.3, -0.25) is 0 Å². The molecule has 1 nitrogen and oxygen atoms in total. The van der Waals surface area contributed by atoms with E-state index in [1.807, 2.05) is 0 Å². The maximum absolute atomic E-state index is 2.70. The van der Waals surface area contributed by atoms with Crippen LogP contribution in [-0.2, 0) is 0 Å². The second-order valence-electron chi connectivity index (χ2n) is 5.49. The number of likely N-dealkylation sites (tertiary alicyclic amines) is 1. The highest BCUT2D eigenvalue weighted by atomic mass is 15.2. The summed E-state index contributed by atoms with van der Waals surface area (Å²) in [5.74, 6) is 1.79. The highest BCUT2D eigenvalue weighted by Crippen LogP contribution is 2.28. The molecular formula is C14H29N. The van der Waals surface area contributed by atoms with Crippen molar-refractivity contribution in [3.8, 4) is 0 Å². The number of hydrogen-bond donors (Lipinski definition) is 0. The molecule has 0 aliphatic carbocycles. The molecule has 0 radical (unpaired) electrons. The zero-order chi connectivity index (χ0) is 11.3. The lowest BCUT2D eigenvalue weighted by molar-refractivity contribution is 0.242. The summed E-state index contributed by atoms with van der Waals surface area (Å²) in [6, 6.07) is 0.811.